The normalized spacial score (nSPS) is 11.7. The Morgan fingerprint density at radius 2 is 1.88 bits per heavy atom. The Labute approximate surface area is 149 Å². The van der Waals surface area contributed by atoms with Gasteiger partial charge in [0.1, 0.15) is 5.82 Å². The van der Waals surface area contributed by atoms with Gasteiger partial charge in [-0.3, -0.25) is 0 Å². The number of hydrogen-bond donors (Lipinski definition) is 2. The van der Waals surface area contributed by atoms with E-state index in [0.29, 0.717) is 31.1 Å². The molecule has 0 unspecified atom stereocenters. The van der Waals surface area contributed by atoms with Gasteiger partial charge in [0, 0.05) is 18.8 Å². The van der Waals surface area contributed by atoms with Gasteiger partial charge in [0.2, 0.25) is 10.0 Å². The minimum absolute atomic E-state index is 0.167. The summed E-state index contributed by atoms with van der Waals surface area (Å²) in [6, 6.07) is 3.64. The molecule has 9 heteroatoms. The maximum absolute atomic E-state index is 11.7. The zero-order chi connectivity index (χ0) is 18.4. The van der Waals surface area contributed by atoms with E-state index in [1.807, 2.05) is 33.8 Å². The fraction of sp³-hybridized carbons (Fsp3) is 0.562. The Kier molecular flexibility index (Phi) is 6.49. The molecular formula is C16H26N6O2S. The first-order chi connectivity index (χ1) is 11.8. The van der Waals surface area contributed by atoms with Crippen molar-refractivity contribution in [3.8, 4) is 5.82 Å². The number of nitrogens with one attached hydrogen (secondary N) is 2. The zero-order valence-electron chi connectivity index (χ0n) is 15.2. The highest BCUT2D eigenvalue weighted by atomic mass is 32.2. The van der Waals surface area contributed by atoms with Gasteiger partial charge in [-0.1, -0.05) is 13.3 Å². The van der Waals surface area contributed by atoms with E-state index >= 15 is 0 Å². The molecule has 0 amide bonds. The average Bonchev–Trinajstić information content (AvgIpc) is 2.85. The van der Waals surface area contributed by atoms with Gasteiger partial charge in [-0.2, -0.15) is 5.10 Å². The summed E-state index contributed by atoms with van der Waals surface area (Å²) in [5, 5.41) is 15.8. The second kappa shape index (κ2) is 8.39. The lowest BCUT2D eigenvalue weighted by atomic mass is 10.2. The highest BCUT2D eigenvalue weighted by Gasteiger charge is 2.11. The lowest BCUT2D eigenvalue weighted by Gasteiger charge is -2.08. The molecule has 0 spiro atoms. The molecule has 0 saturated heterocycles. The van der Waals surface area contributed by atoms with Gasteiger partial charge in [0.05, 0.1) is 11.4 Å². The molecule has 0 aromatic carbocycles. The number of aromatic nitrogens is 4. The van der Waals surface area contributed by atoms with Crippen molar-refractivity contribution in [1.29, 1.82) is 0 Å². The molecule has 0 aliphatic carbocycles. The third kappa shape index (κ3) is 5.23. The van der Waals surface area contributed by atoms with Gasteiger partial charge >= 0.3 is 0 Å². The molecule has 0 aliphatic rings. The Morgan fingerprint density at radius 1 is 1.12 bits per heavy atom. The molecule has 2 rings (SSSR count). The summed E-state index contributed by atoms with van der Waals surface area (Å²) in [6.07, 6.45) is 1.53. The van der Waals surface area contributed by atoms with E-state index in [-0.39, 0.29) is 5.75 Å². The lowest BCUT2D eigenvalue weighted by molar-refractivity contribution is 0.579. The molecule has 2 aromatic heterocycles. The molecule has 0 radical (unpaired) electrons. The molecule has 0 aliphatic heterocycles. The monoisotopic (exact) mass is 366 g/mol. The summed E-state index contributed by atoms with van der Waals surface area (Å²) >= 11 is 0. The largest absolute Gasteiger partial charge is 0.367 e. The minimum Gasteiger partial charge on any atom is -0.367 e. The summed E-state index contributed by atoms with van der Waals surface area (Å²) in [5.74, 6) is 1.41. The Hall–Kier alpha value is -2.00. The van der Waals surface area contributed by atoms with E-state index in [2.05, 4.69) is 25.3 Å². The fourth-order valence-corrected chi connectivity index (χ4v) is 3.51. The van der Waals surface area contributed by atoms with Crippen molar-refractivity contribution < 1.29 is 8.42 Å². The van der Waals surface area contributed by atoms with Crippen LogP contribution in [0, 0.1) is 20.8 Å². The third-order valence-electron chi connectivity index (χ3n) is 4.04. The van der Waals surface area contributed by atoms with E-state index < -0.39 is 10.0 Å². The van der Waals surface area contributed by atoms with Gasteiger partial charge < -0.3 is 5.32 Å². The van der Waals surface area contributed by atoms with Crippen LogP contribution in [0.3, 0.4) is 0 Å². The number of hydrogen-bond acceptors (Lipinski definition) is 6. The molecule has 2 aromatic rings. The van der Waals surface area contributed by atoms with Crippen molar-refractivity contribution in [3.05, 3.63) is 29.1 Å². The summed E-state index contributed by atoms with van der Waals surface area (Å²) in [6.45, 7) is 8.70. The van der Waals surface area contributed by atoms with Gasteiger partial charge in [0.15, 0.2) is 5.82 Å². The van der Waals surface area contributed by atoms with Crippen molar-refractivity contribution in [2.45, 2.75) is 40.5 Å². The smallest absolute Gasteiger partial charge is 0.211 e. The SMILES string of the molecule is CCCCS(=O)(=O)NCCNc1ccc(-n2nc(C)c(C)c2C)nn1. The molecule has 8 nitrogen and oxygen atoms in total. The van der Waals surface area contributed by atoms with Crippen LogP contribution < -0.4 is 10.0 Å². The van der Waals surface area contributed by atoms with Crippen LogP contribution in [-0.4, -0.2) is 47.2 Å². The number of rotatable bonds is 9. The van der Waals surface area contributed by atoms with E-state index in [1.165, 1.54) is 0 Å². The van der Waals surface area contributed by atoms with Crippen molar-refractivity contribution in [3.63, 3.8) is 0 Å². The molecular weight excluding hydrogens is 340 g/mol. The average molecular weight is 366 g/mol. The first-order valence-electron chi connectivity index (χ1n) is 8.42. The molecule has 0 bridgehead atoms. The van der Waals surface area contributed by atoms with Crippen LogP contribution in [0.1, 0.15) is 36.7 Å². The number of nitrogens with zero attached hydrogens (tertiary/aromatic N) is 4. The minimum atomic E-state index is -3.19. The summed E-state index contributed by atoms with van der Waals surface area (Å²) in [5.41, 5.74) is 3.14. The van der Waals surface area contributed by atoms with Crippen molar-refractivity contribution in [1.82, 2.24) is 24.7 Å². The quantitative estimate of drug-likeness (QED) is 0.655. The lowest BCUT2D eigenvalue weighted by Crippen LogP contribution is -2.31. The predicted molar refractivity (Wildman–Crippen MR) is 98.6 cm³/mol. The Bertz CT molecular complexity index is 799. The number of unbranched alkanes of at least 4 members (excludes halogenated alkanes) is 1. The van der Waals surface area contributed by atoms with Crippen LogP contribution >= 0.6 is 0 Å². The number of sulfonamides is 1. The Morgan fingerprint density at radius 3 is 2.44 bits per heavy atom. The molecule has 2 heterocycles. The van der Waals surface area contributed by atoms with Crippen LogP contribution in [0.15, 0.2) is 12.1 Å². The number of anilines is 1. The van der Waals surface area contributed by atoms with Crippen molar-refractivity contribution >= 4 is 15.8 Å². The van der Waals surface area contributed by atoms with E-state index in [4.69, 9.17) is 0 Å². The van der Waals surface area contributed by atoms with E-state index in [0.717, 1.165) is 23.4 Å². The Balaban J connectivity index is 1.88. The van der Waals surface area contributed by atoms with Crippen molar-refractivity contribution in [2.75, 3.05) is 24.2 Å². The van der Waals surface area contributed by atoms with Crippen LogP contribution in [0.2, 0.25) is 0 Å². The van der Waals surface area contributed by atoms with Gasteiger partial charge in [-0.15, -0.1) is 10.2 Å². The summed E-state index contributed by atoms with van der Waals surface area (Å²) < 4.78 is 27.7. The third-order valence-corrected chi connectivity index (χ3v) is 5.51. The summed E-state index contributed by atoms with van der Waals surface area (Å²) in [4.78, 5) is 0. The van der Waals surface area contributed by atoms with Gasteiger partial charge in [-0.05, 0) is 44.9 Å². The van der Waals surface area contributed by atoms with E-state index in [9.17, 15) is 8.42 Å². The number of aryl methyl sites for hydroxylation is 1. The van der Waals surface area contributed by atoms with Crippen LogP contribution in [0.4, 0.5) is 5.82 Å². The molecule has 0 atom stereocenters. The van der Waals surface area contributed by atoms with E-state index in [1.54, 1.807) is 10.7 Å². The van der Waals surface area contributed by atoms with Gasteiger partial charge in [-0.25, -0.2) is 17.8 Å². The topological polar surface area (TPSA) is 102 Å². The van der Waals surface area contributed by atoms with Crippen LogP contribution in [0.5, 0.6) is 0 Å². The second-order valence-electron chi connectivity index (χ2n) is 5.98. The van der Waals surface area contributed by atoms with Crippen molar-refractivity contribution in [2.24, 2.45) is 0 Å². The maximum atomic E-state index is 11.7. The van der Waals surface area contributed by atoms with Crippen LogP contribution in [-0.2, 0) is 10.0 Å². The molecule has 2 N–H and O–H groups in total. The maximum Gasteiger partial charge on any atom is 0.211 e. The highest BCUT2D eigenvalue weighted by molar-refractivity contribution is 7.89. The molecule has 0 fully saturated rings. The molecule has 0 saturated carbocycles. The molecule has 138 valence electrons. The standard InChI is InChI=1S/C16H26N6O2S/c1-5-6-11-25(23,24)18-10-9-17-15-7-8-16(20-19-15)22-14(4)12(2)13(3)21-22/h7-8,18H,5-6,9-11H2,1-4H3,(H,17,19). The second-order valence-corrected chi connectivity index (χ2v) is 7.90. The highest BCUT2D eigenvalue weighted by Crippen LogP contribution is 2.15. The molecule has 25 heavy (non-hydrogen) atoms. The zero-order valence-corrected chi connectivity index (χ0v) is 16.0. The fourth-order valence-electron chi connectivity index (χ4n) is 2.28. The van der Waals surface area contributed by atoms with Gasteiger partial charge in [0.25, 0.3) is 0 Å². The van der Waals surface area contributed by atoms with Crippen LogP contribution in [0.25, 0.3) is 5.82 Å². The first kappa shape index (κ1) is 19.3. The summed E-state index contributed by atoms with van der Waals surface area (Å²) in [7, 11) is -3.19. The predicted octanol–water partition coefficient (Wildman–Crippen LogP) is 1.72. The first-order valence-corrected chi connectivity index (χ1v) is 10.1.